The van der Waals surface area contributed by atoms with Gasteiger partial charge >= 0.3 is 7.12 Å². The number of hydrogen-bond donors (Lipinski definition) is 3. The summed E-state index contributed by atoms with van der Waals surface area (Å²) >= 11 is 1.45. The zero-order valence-electron chi connectivity index (χ0n) is 9.29. The van der Waals surface area contributed by atoms with Crippen molar-refractivity contribution in [3.63, 3.8) is 0 Å². The van der Waals surface area contributed by atoms with E-state index in [9.17, 15) is 10.0 Å². The number of aryl methyl sites for hydroxylation is 1. The minimum Gasteiger partial charge on any atom is -0.423 e. The molecule has 0 spiro atoms. The molecular weight excluding hydrogens is 237 g/mol. The molecule has 0 unspecified atom stereocenters. The van der Waals surface area contributed by atoms with Crippen LogP contribution in [-0.4, -0.2) is 32.3 Å². The van der Waals surface area contributed by atoms with Crippen LogP contribution in [-0.2, 0) is 5.75 Å². The van der Waals surface area contributed by atoms with Gasteiger partial charge in [-0.2, -0.15) is 0 Å². The Balaban J connectivity index is 2.08. The molecule has 0 atom stereocenters. The Hall–Kier alpha value is -1.31. The largest absolute Gasteiger partial charge is 0.488 e. The SMILES string of the molecule is Cc1nc(SCc2ccccc2B(O)O)n[nH]1. The lowest BCUT2D eigenvalue weighted by Crippen LogP contribution is -2.32. The molecule has 1 aromatic carbocycles. The molecule has 1 heterocycles. The van der Waals surface area contributed by atoms with E-state index in [1.165, 1.54) is 11.8 Å². The van der Waals surface area contributed by atoms with Crippen molar-refractivity contribution in [2.24, 2.45) is 0 Å². The molecule has 5 nitrogen and oxygen atoms in total. The van der Waals surface area contributed by atoms with E-state index in [1.807, 2.05) is 19.1 Å². The van der Waals surface area contributed by atoms with Crippen LogP contribution >= 0.6 is 11.8 Å². The van der Waals surface area contributed by atoms with Crippen molar-refractivity contribution in [2.75, 3.05) is 0 Å². The van der Waals surface area contributed by atoms with E-state index in [0.717, 1.165) is 11.4 Å². The van der Waals surface area contributed by atoms with Crippen LogP contribution in [0.1, 0.15) is 11.4 Å². The Labute approximate surface area is 103 Å². The Morgan fingerprint density at radius 1 is 1.35 bits per heavy atom. The fourth-order valence-corrected chi connectivity index (χ4v) is 2.31. The van der Waals surface area contributed by atoms with E-state index in [4.69, 9.17) is 0 Å². The van der Waals surface area contributed by atoms with Crippen LogP contribution < -0.4 is 5.46 Å². The number of benzene rings is 1. The van der Waals surface area contributed by atoms with Gasteiger partial charge in [-0.25, -0.2) is 4.98 Å². The highest BCUT2D eigenvalue weighted by atomic mass is 32.2. The number of thioether (sulfide) groups is 1. The Kier molecular flexibility index (Phi) is 3.83. The first-order valence-corrected chi connectivity index (χ1v) is 6.11. The highest BCUT2D eigenvalue weighted by Crippen LogP contribution is 2.17. The van der Waals surface area contributed by atoms with Crippen LogP contribution in [0.25, 0.3) is 0 Å². The fraction of sp³-hybridized carbons (Fsp3) is 0.200. The summed E-state index contributed by atoms with van der Waals surface area (Å²) in [6, 6.07) is 7.20. The molecule has 0 radical (unpaired) electrons. The summed E-state index contributed by atoms with van der Waals surface area (Å²) in [6.45, 7) is 1.84. The molecule has 0 fully saturated rings. The average molecular weight is 249 g/mol. The molecule has 2 aromatic rings. The lowest BCUT2D eigenvalue weighted by Gasteiger charge is -2.06. The van der Waals surface area contributed by atoms with Gasteiger partial charge in [-0.15, -0.1) is 5.10 Å². The molecule has 3 N–H and O–H groups in total. The van der Waals surface area contributed by atoms with Crippen molar-refractivity contribution in [2.45, 2.75) is 17.8 Å². The maximum atomic E-state index is 9.21. The third kappa shape index (κ3) is 3.09. The summed E-state index contributed by atoms with van der Waals surface area (Å²) in [4.78, 5) is 4.17. The second kappa shape index (κ2) is 5.35. The zero-order valence-corrected chi connectivity index (χ0v) is 10.1. The summed E-state index contributed by atoms with van der Waals surface area (Å²) in [5.41, 5.74) is 1.39. The molecular formula is C10H12BN3O2S. The number of aromatic nitrogens is 3. The first kappa shape index (κ1) is 12.2. The highest BCUT2D eigenvalue weighted by molar-refractivity contribution is 7.98. The Bertz CT molecular complexity index is 504. The molecule has 0 amide bonds. The minimum absolute atomic E-state index is 0.521. The van der Waals surface area contributed by atoms with Gasteiger partial charge in [0.2, 0.25) is 5.16 Å². The van der Waals surface area contributed by atoms with Gasteiger partial charge in [-0.05, 0) is 17.9 Å². The topological polar surface area (TPSA) is 82.0 Å². The molecule has 0 saturated heterocycles. The third-order valence-electron chi connectivity index (χ3n) is 2.27. The molecule has 0 bridgehead atoms. The van der Waals surface area contributed by atoms with Crippen molar-refractivity contribution < 1.29 is 10.0 Å². The van der Waals surface area contributed by atoms with Gasteiger partial charge in [-0.1, -0.05) is 36.0 Å². The summed E-state index contributed by atoms with van der Waals surface area (Å²) in [7, 11) is -1.44. The van der Waals surface area contributed by atoms with Gasteiger partial charge in [-0.3, -0.25) is 5.10 Å². The quantitative estimate of drug-likeness (QED) is 0.528. The number of aromatic amines is 1. The van der Waals surface area contributed by atoms with Crippen LogP contribution in [0.5, 0.6) is 0 Å². The van der Waals surface area contributed by atoms with Crippen LogP contribution in [0.4, 0.5) is 0 Å². The number of H-pyrrole nitrogens is 1. The number of nitrogens with one attached hydrogen (secondary N) is 1. The molecule has 7 heteroatoms. The van der Waals surface area contributed by atoms with E-state index < -0.39 is 7.12 Å². The number of hydrogen-bond acceptors (Lipinski definition) is 5. The molecule has 1 aromatic heterocycles. The lowest BCUT2D eigenvalue weighted by molar-refractivity contribution is 0.425. The summed E-state index contributed by atoms with van der Waals surface area (Å²) in [5.74, 6) is 1.37. The molecule has 0 saturated carbocycles. The average Bonchev–Trinajstić information content (AvgIpc) is 2.73. The van der Waals surface area contributed by atoms with Crippen LogP contribution in [0.3, 0.4) is 0 Å². The van der Waals surface area contributed by atoms with Gasteiger partial charge in [0.15, 0.2) is 0 Å². The smallest absolute Gasteiger partial charge is 0.423 e. The minimum atomic E-state index is -1.44. The van der Waals surface area contributed by atoms with Gasteiger partial charge in [0.25, 0.3) is 0 Å². The number of rotatable bonds is 4. The zero-order chi connectivity index (χ0) is 12.3. The highest BCUT2D eigenvalue weighted by Gasteiger charge is 2.15. The summed E-state index contributed by atoms with van der Waals surface area (Å²) in [6.07, 6.45) is 0. The van der Waals surface area contributed by atoms with Crippen molar-refractivity contribution in [1.82, 2.24) is 15.2 Å². The van der Waals surface area contributed by atoms with Gasteiger partial charge in [0, 0.05) is 5.75 Å². The first-order valence-electron chi connectivity index (χ1n) is 5.12. The molecule has 88 valence electrons. The third-order valence-corrected chi connectivity index (χ3v) is 3.16. The van der Waals surface area contributed by atoms with Crippen LogP contribution in [0.2, 0.25) is 0 Å². The van der Waals surface area contributed by atoms with Gasteiger partial charge < -0.3 is 10.0 Å². The van der Waals surface area contributed by atoms with E-state index in [1.54, 1.807) is 12.1 Å². The van der Waals surface area contributed by atoms with E-state index >= 15 is 0 Å². The summed E-state index contributed by atoms with van der Waals surface area (Å²) in [5, 5.41) is 25.9. The van der Waals surface area contributed by atoms with Crippen molar-refractivity contribution in [3.8, 4) is 0 Å². The standard InChI is InChI=1S/C10H12BN3O2S/c1-7-12-10(14-13-7)17-6-8-4-2-3-5-9(8)11(15)16/h2-5,15-16H,6H2,1H3,(H,12,13,14). The van der Waals surface area contributed by atoms with E-state index in [2.05, 4.69) is 15.2 Å². The van der Waals surface area contributed by atoms with E-state index in [-0.39, 0.29) is 0 Å². The summed E-state index contributed by atoms with van der Waals surface area (Å²) < 4.78 is 0. The fourth-order valence-electron chi connectivity index (χ4n) is 1.45. The van der Waals surface area contributed by atoms with E-state index in [0.29, 0.717) is 16.4 Å². The normalized spacial score (nSPS) is 10.5. The van der Waals surface area contributed by atoms with Gasteiger partial charge in [0.05, 0.1) is 0 Å². The van der Waals surface area contributed by atoms with Crippen molar-refractivity contribution in [1.29, 1.82) is 0 Å². The first-order chi connectivity index (χ1) is 8.16. The molecule has 0 aliphatic carbocycles. The second-order valence-corrected chi connectivity index (χ2v) is 4.51. The van der Waals surface area contributed by atoms with Crippen LogP contribution in [0.15, 0.2) is 29.4 Å². The maximum absolute atomic E-state index is 9.21. The maximum Gasteiger partial charge on any atom is 0.488 e. The molecule has 0 aliphatic heterocycles. The van der Waals surface area contributed by atoms with Gasteiger partial charge in [0.1, 0.15) is 5.82 Å². The monoisotopic (exact) mass is 249 g/mol. The van der Waals surface area contributed by atoms with Crippen molar-refractivity contribution in [3.05, 3.63) is 35.7 Å². The number of nitrogens with zero attached hydrogens (tertiary/aromatic N) is 2. The Morgan fingerprint density at radius 3 is 2.76 bits per heavy atom. The molecule has 2 rings (SSSR count). The second-order valence-electron chi connectivity index (χ2n) is 3.56. The van der Waals surface area contributed by atoms with Crippen LogP contribution in [0, 0.1) is 6.92 Å². The predicted octanol–water partition coefficient (Wildman–Crippen LogP) is 0.0852. The van der Waals surface area contributed by atoms with Crippen molar-refractivity contribution >= 4 is 24.3 Å². The predicted molar refractivity (Wildman–Crippen MR) is 66.9 cm³/mol. The lowest BCUT2D eigenvalue weighted by atomic mass is 9.77. The molecule has 17 heavy (non-hydrogen) atoms. The molecule has 0 aliphatic rings. The Morgan fingerprint density at radius 2 is 2.12 bits per heavy atom.